The molecule has 0 aliphatic heterocycles. The van der Waals surface area contributed by atoms with E-state index in [1.54, 1.807) is 31.4 Å². The molecule has 0 saturated carbocycles. The van der Waals surface area contributed by atoms with E-state index in [-0.39, 0.29) is 12.1 Å². The Balaban J connectivity index is 1.97. The summed E-state index contributed by atoms with van der Waals surface area (Å²) in [7, 11) is 4.61. The van der Waals surface area contributed by atoms with Crippen molar-refractivity contribution in [3.05, 3.63) is 47.5 Å². The lowest BCUT2D eigenvalue weighted by molar-refractivity contribution is -0.129. The van der Waals surface area contributed by atoms with Crippen molar-refractivity contribution in [1.29, 1.82) is 0 Å². The van der Waals surface area contributed by atoms with Crippen LogP contribution in [0.1, 0.15) is 29.8 Å². The van der Waals surface area contributed by atoms with Crippen molar-refractivity contribution >= 4 is 11.9 Å². The third kappa shape index (κ3) is 5.79. The summed E-state index contributed by atoms with van der Waals surface area (Å²) in [5, 5.41) is 2.74. The lowest BCUT2D eigenvalue weighted by Crippen LogP contribution is -2.35. The number of hydrogen-bond acceptors (Lipinski definition) is 7. The Morgan fingerprint density at radius 3 is 2.17 bits per heavy atom. The van der Waals surface area contributed by atoms with Gasteiger partial charge in [-0.3, -0.25) is 4.79 Å². The Morgan fingerprint density at radius 2 is 1.53 bits per heavy atom. The zero-order valence-corrected chi connectivity index (χ0v) is 17.8. The van der Waals surface area contributed by atoms with Crippen molar-refractivity contribution in [2.45, 2.75) is 26.5 Å². The van der Waals surface area contributed by atoms with Gasteiger partial charge in [-0.25, -0.2) is 4.79 Å². The van der Waals surface area contributed by atoms with Gasteiger partial charge in [0.25, 0.3) is 5.91 Å². The van der Waals surface area contributed by atoms with Crippen LogP contribution in [0.4, 0.5) is 0 Å². The summed E-state index contributed by atoms with van der Waals surface area (Å²) >= 11 is 0. The Hall–Kier alpha value is -3.42. The minimum atomic E-state index is -0.977. The Morgan fingerprint density at radius 1 is 0.900 bits per heavy atom. The van der Waals surface area contributed by atoms with Crippen molar-refractivity contribution in [3.63, 3.8) is 0 Å². The van der Waals surface area contributed by atoms with Gasteiger partial charge in [0.1, 0.15) is 0 Å². The second-order valence-electron chi connectivity index (χ2n) is 6.25. The Bertz CT molecular complexity index is 882. The summed E-state index contributed by atoms with van der Waals surface area (Å²) in [6.45, 7) is 4.01. The SMILES string of the molecule is CCOc1cc(C(=O)O[C@H](C)C(=O)NCc2ccc(OC)c(OC)c2)ccc1OC. The monoisotopic (exact) mass is 417 g/mol. The summed E-state index contributed by atoms with van der Waals surface area (Å²) in [6, 6.07) is 10.0. The molecule has 0 aliphatic carbocycles. The third-order valence-electron chi connectivity index (χ3n) is 4.27. The maximum absolute atomic E-state index is 12.4. The van der Waals surface area contributed by atoms with Crippen LogP contribution >= 0.6 is 0 Å². The van der Waals surface area contributed by atoms with E-state index < -0.39 is 18.0 Å². The number of amides is 1. The first-order valence-electron chi connectivity index (χ1n) is 9.43. The predicted molar refractivity (Wildman–Crippen MR) is 110 cm³/mol. The maximum atomic E-state index is 12.4. The second-order valence-corrected chi connectivity index (χ2v) is 6.25. The molecule has 0 aromatic heterocycles. The van der Waals surface area contributed by atoms with E-state index in [9.17, 15) is 9.59 Å². The Labute approximate surface area is 176 Å². The van der Waals surface area contributed by atoms with Crippen molar-refractivity contribution in [1.82, 2.24) is 5.32 Å². The fourth-order valence-corrected chi connectivity index (χ4v) is 2.68. The number of ether oxygens (including phenoxy) is 5. The van der Waals surface area contributed by atoms with Gasteiger partial charge >= 0.3 is 5.97 Å². The van der Waals surface area contributed by atoms with Crippen molar-refractivity contribution in [2.24, 2.45) is 0 Å². The molecule has 2 aromatic rings. The molecule has 0 radical (unpaired) electrons. The van der Waals surface area contributed by atoms with Crippen LogP contribution in [-0.4, -0.2) is 45.9 Å². The minimum Gasteiger partial charge on any atom is -0.493 e. The number of methoxy groups -OCH3 is 3. The molecule has 8 nitrogen and oxygen atoms in total. The van der Waals surface area contributed by atoms with Crippen LogP contribution in [0.3, 0.4) is 0 Å². The molecule has 0 aliphatic rings. The molecule has 0 saturated heterocycles. The normalized spacial score (nSPS) is 11.2. The molecule has 8 heteroatoms. The quantitative estimate of drug-likeness (QED) is 0.594. The molecule has 2 rings (SSSR count). The molecule has 0 fully saturated rings. The molecule has 0 unspecified atom stereocenters. The first kappa shape index (κ1) is 22.9. The van der Waals surface area contributed by atoms with Crippen LogP contribution in [0.25, 0.3) is 0 Å². The average molecular weight is 417 g/mol. The zero-order chi connectivity index (χ0) is 22.1. The number of esters is 1. The van der Waals surface area contributed by atoms with E-state index in [1.165, 1.54) is 27.2 Å². The van der Waals surface area contributed by atoms with Gasteiger partial charge in [-0.1, -0.05) is 6.07 Å². The fourth-order valence-electron chi connectivity index (χ4n) is 2.68. The summed E-state index contributed by atoms with van der Waals surface area (Å²) in [6.07, 6.45) is -0.977. The van der Waals surface area contributed by atoms with Crippen LogP contribution in [-0.2, 0) is 16.1 Å². The van der Waals surface area contributed by atoms with Gasteiger partial charge in [-0.05, 0) is 49.7 Å². The molecule has 1 atom stereocenters. The largest absolute Gasteiger partial charge is 0.493 e. The van der Waals surface area contributed by atoms with Gasteiger partial charge in [-0.15, -0.1) is 0 Å². The van der Waals surface area contributed by atoms with E-state index in [2.05, 4.69) is 5.32 Å². The van der Waals surface area contributed by atoms with E-state index >= 15 is 0 Å². The lowest BCUT2D eigenvalue weighted by atomic mass is 10.2. The molecule has 0 heterocycles. The van der Waals surface area contributed by atoms with E-state index in [0.29, 0.717) is 29.6 Å². The van der Waals surface area contributed by atoms with Crippen molar-refractivity contribution in [3.8, 4) is 23.0 Å². The highest BCUT2D eigenvalue weighted by Gasteiger charge is 2.20. The topological polar surface area (TPSA) is 92.3 Å². The molecule has 2 aromatic carbocycles. The average Bonchev–Trinajstić information content (AvgIpc) is 2.77. The maximum Gasteiger partial charge on any atom is 0.339 e. The van der Waals surface area contributed by atoms with Crippen molar-refractivity contribution < 1.29 is 33.3 Å². The van der Waals surface area contributed by atoms with Gasteiger partial charge in [0.2, 0.25) is 0 Å². The molecule has 0 spiro atoms. The molecule has 0 bridgehead atoms. The number of nitrogens with one attached hydrogen (secondary N) is 1. The van der Waals surface area contributed by atoms with E-state index in [0.717, 1.165) is 5.56 Å². The smallest absolute Gasteiger partial charge is 0.339 e. The highest BCUT2D eigenvalue weighted by atomic mass is 16.5. The number of benzene rings is 2. The first-order valence-corrected chi connectivity index (χ1v) is 9.43. The number of rotatable bonds is 10. The van der Waals surface area contributed by atoms with Gasteiger partial charge in [0.15, 0.2) is 29.1 Å². The minimum absolute atomic E-state index is 0.248. The molecule has 1 amide bonds. The fraction of sp³-hybridized carbons (Fsp3) is 0.364. The van der Waals surface area contributed by atoms with Crippen LogP contribution in [0.15, 0.2) is 36.4 Å². The lowest BCUT2D eigenvalue weighted by Gasteiger charge is -2.15. The summed E-state index contributed by atoms with van der Waals surface area (Å²) < 4.78 is 26.4. The summed E-state index contributed by atoms with van der Waals surface area (Å²) in [5.41, 5.74) is 1.08. The van der Waals surface area contributed by atoms with E-state index in [4.69, 9.17) is 23.7 Å². The second kappa shape index (κ2) is 10.9. The standard InChI is InChI=1S/C22H27NO7/c1-6-29-20-12-16(8-10-18(20)27-4)22(25)30-14(2)21(24)23-13-15-7-9-17(26-3)19(11-15)28-5/h7-12,14H,6,13H2,1-5H3,(H,23,24)/t14-/m1/s1. The zero-order valence-electron chi connectivity index (χ0n) is 17.8. The number of carbonyl (C=O) groups excluding carboxylic acids is 2. The molecular weight excluding hydrogens is 390 g/mol. The van der Waals surface area contributed by atoms with E-state index in [1.807, 2.05) is 13.0 Å². The molecule has 162 valence electrons. The van der Waals surface area contributed by atoms with Gasteiger partial charge in [-0.2, -0.15) is 0 Å². The van der Waals surface area contributed by atoms with Crippen LogP contribution < -0.4 is 24.3 Å². The van der Waals surface area contributed by atoms with Gasteiger partial charge in [0.05, 0.1) is 33.5 Å². The molecule has 1 N–H and O–H groups in total. The predicted octanol–water partition coefficient (Wildman–Crippen LogP) is 2.97. The summed E-state index contributed by atoms with van der Waals surface area (Å²) in [4.78, 5) is 24.8. The van der Waals surface area contributed by atoms with Crippen molar-refractivity contribution in [2.75, 3.05) is 27.9 Å². The first-order chi connectivity index (χ1) is 14.4. The van der Waals surface area contributed by atoms with Crippen LogP contribution in [0.5, 0.6) is 23.0 Å². The molecular formula is C22H27NO7. The highest BCUT2D eigenvalue weighted by Crippen LogP contribution is 2.29. The van der Waals surface area contributed by atoms with Crippen LogP contribution in [0.2, 0.25) is 0 Å². The number of carbonyl (C=O) groups is 2. The van der Waals surface area contributed by atoms with Gasteiger partial charge in [0, 0.05) is 6.54 Å². The number of hydrogen-bond donors (Lipinski definition) is 1. The third-order valence-corrected chi connectivity index (χ3v) is 4.27. The van der Waals surface area contributed by atoms with Gasteiger partial charge < -0.3 is 29.0 Å². The summed E-state index contributed by atoms with van der Waals surface area (Å²) in [5.74, 6) is 1.05. The highest BCUT2D eigenvalue weighted by molar-refractivity contribution is 5.92. The molecule has 30 heavy (non-hydrogen) atoms. The van der Waals surface area contributed by atoms with Crippen LogP contribution in [0, 0.1) is 0 Å². The Kier molecular flexibility index (Phi) is 8.34.